The first-order valence-electron chi connectivity index (χ1n) is 13.6. The van der Waals surface area contributed by atoms with Crippen LogP contribution in [0.15, 0.2) is 95.9 Å². The van der Waals surface area contributed by atoms with Crippen molar-refractivity contribution in [2.45, 2.75) is 4.90 Å². The van der Waals surface area contributed by atoms with E-state index in [2.05, 4.69) is 9.97 Å². The minimum absolute atomic E-state index is 0. The van der Waals surface area contributed by atoms with E-state index >= 15 is 0 Å². The number of nitrogens with one attached hydrogen (secondary N) is 2. The van der Waals surface area contributed by atoms with Gasteiger partial charge in [0.25, 0.3) is 10.1 Å². The van der Waals surface area contributed by atoms with Crippen LogP contribution in [0.4, 0.5) is 0 Å². The van der Waals surface area contributed by atoms with Gasteiger partial charge in [-0.25, -0.2) is 29.9 Å². The van der Waals surface area contributed by atoms with Gasteiger partial charge in [0.2, 0.25) is 0 Å². The summed E-state index contributed by atoms with van der Waals surface area (Å²) in [6.45, 7) is 0. The van der Waals surface area contributed by atoms with E-state index in [-0.39, 0.29) is 51.6 Å². The summed E-state index contributed by atoms with van der Waals surface area (Å²) in [6.07, 6.45) is 0. The molecule has 2 aliphatic rings. The van der Waals surface area contributed by atoms with Crippen LogP contribution < -0.4 is 0 Å². The maximum absolute atomic E-state index is 12.5. The fourth-order valence-electron chi connectivity index (χ4n) is 5.87. The summed E-state index contributed by atoms with van der Waals surface area (Å²) in [5.74, 6) is 1.60. The van der Waals surface area contributed by atoms with Crippen molar-refractivity contribution in [3.05, 3.63) is 91.0 Å². The van der Waals surface area contributed by atoms with Crippen molar-refractivity contribution in [1.82, 2.24) is 39.9 Å². The molecule has 0 spiro atoms. The number of nitrogens with zero attached hydrogens (tertiary/aromatic N) is 6. The van der Waals surface area contributed by atoms with E-state index in [4.69, 9.17) is 29.9 Å². The van der Waals surface area contributed by atoms with Crippen LogP contribution in [0.5, 0.6) is 0 Å². The van der Waals surface area contributed by atoms with Gasteiger partial charge >= 0.3 is 18.9 Å². The Labute approximate surface area is 282 Å². The predicted molar refractivity (Wildman–Crippen MR) is 173 cm³/mol. The molecule has 0 amide bonds. The summed E-state index contributed by atoms with van der Waals surface area (Å²) < 4.78 is 35.2. The normalized spacial score (nSPS) is 11.8. The molecule has 0 aliphatic carbocycles. The van der Waals surface area contributed by atoms with Crippen LogP contribution in [0, 0.1) is 0 Å². The van der Waals surface area contributed by atoms with Gasteiger partial charge in [-0.2, -0.15) is 8.42 Å². The van der Waals surface area contributed by atoms with Crippen molar-refractivity contribution in [3.63, 3.8) is 0 Å². The predicted octanol–water partition coefficient (Wildman–Crippen LogP) is 5.46. The number of rotatable bonds is 1. The quantitative estimate of drug-likeness (QED) is 0.153. The fourth-order valence-corrected chi connectivity index (χ4v) is 6.59. The second-order valence-corrected chi connectivity index (χ2v) is 11.8. The van der Waals surface area contributed by atoms with Gasteiger partial charge in [-0.05, 0) is 6.07 Å². The molecule has 0 unspecified atom stereocenters. The first-order chi connectivity index (χ1) is 21.4. The third-order valence-corrected chi connectivity index (χ3v) is 8.72. The molecule has 11 nitrogen and oxygen atoms in total. The molecular weight excluding hydrogens is 642 g/mol. The Morgan fingerprint density at radius 1 is 0.478 bits per heavy atom. The van der Waals surface area contributed by atoms with Gasteiger partial charge in [0, 0.05) is 60.6 Å². The average molecular weight is 661 g/mol. The SMILES string of the molecule is O=S(=O)(O)c1cccc2c3nc4nc(nc5[nH]c(nc6nc(nc([nH]3)c12)-c1ccccc1-6)c1ccccc51)-c1ccccc1-4.[Co].[LiH]. The van der Waals surface area contributed by atoms with Crippen molar-refractivity contribution >= 4 is 73.1 Å². The zero-order chi connectivity index (χ0) is 29.6. The van der Waals surface area contributed by atoms with Crippen LogP contribution in [-0.2, 0) is 26.9 Å². The van der Waals surface area contributed by atoms with Crippen molar-refractivity contribution in [3.8, 4) is 45.6 Å². The summed E-state index contributed by atoms with van der Waals surface area (Å²) in [7, 11) is -4.62. The summed E-state index contributed by atoms with van der Waals surface area (Å²) in [4.78, 5) is 35.4. The Balaban J connectivity index is 0.00000169. The molecule has 0 saturated carbocycles. The minimum atomic E-state index is -4.62. The van der Waals surface area contributed by atoms with Gasteiger partial charge in [-0.3, -0.25) is 4.55 Å². The second kappa shape index (κ2) is 11.0. The van der Waals surface area contributed by atoms with E-state index < -0.39 is 10.1 Å². The molecule has 4 aromatic carbocycles. The molecule has 0 fully saturated rings. The Hall–Kier alpha value is -4.75. The molecule has 5 heterocycles. The molecular formula is C32H19CoLiN8O3S. The molecule has 8 bridgehead atoms. The third kappa shape index (κ3) is 4.56. The molecule has 0 atom stereocenters. The van der Waals surface area contributed by atoms with Crippen LogP contribution in [0.3, 0.4) is 0 Å². The van der Waals surface area contributed by atoms with Gasteiger partial charge in [0.15, 0.2) is 23.3 Å². The molecule has 14 heteroatoms. The Morgan fingerprint density at radius 2 is 0.848 bits per heavy atom. The Kier molecular flexibility index (Phi) is 7.13. The van der Waals surface area contributed by atoms with Gasteiger partial charge in [0.05, 0.1) is 0 Å². The van der Waals surface area contributed by atoms with E-state index in [0.717, 1.165) is 33.0 Å². The van der Waals surface area contributed by atoms with Crippen molar-refractivity contribution in [2.75, 3.05) is 0 Å². The Morgan fingerprint density at radius 3 is 1.30 bits per heavy atom. The standard InChI is InChI=1S/C32H18N8O3S.Co.Li.H/c41-44(42,43)23-15-7-14-22-24(23)32-39-30-21-13-6-5-12-20(21)28(37-30)35-26-17-9-2-1-8-16(17)25(33-26)34-27-18-10-3-4-11-19(18)29(36-27)38-31(22)40-32;;;/h1-15H,(H,41,42,43)(H2,33,34,35,36,37,38,39,40);;;. The zero-order valence-corrected chi connectivity index (χ0v) is 24.7. The van der Waals surface area contributed by atoms with Crippen molar-refractivity contribution < 1.29 is 29.7 Å². The zero-order valence-electron chi connectivity index (χ0n) is 22.8. The molecule has 46 heavy (non-hydrogen) atoms. The van der Waals surface area contributed by atoms with Crippen LogP contribution in [0.1, 0.15) is 0 Å². The number of hydrogen-bond donors (Lipinski definition) is 3. The van der Waals surface area contributed by atoms with Gasteiger partial charge in [-0.15, -0.1) is 0 Å². The van der Waals surface area contributed by atoms with Gasteiger partial charge < -0.3 is 9.97 Å². The monoisotopic (exact) mass is 661 g/mol. The van der Waals surface area contributed by atoms with Crippen LogP contribution in [0.2, 0.25) is 0 Å². The molecule has 9 rings (SSSR count). The van der Waals surface area contributed by atoms with E-state index in [0.29, 0.717) is 45.6 Å². The number of hydrogen-bond acceptors (Lipinski definition) is 8. The van der Waals surface area contributed by atoms with Crippen molar-refractivity contribution in [2.24, 2.45) is 0 Å². The van der Waals surface area contributed by atoms with Gasteiger partial charge in [-0.1, -0.05) is 84.9 Å². The number of fused-ring (bicyclic) bond motifs is 20. The molecule has 2 aliphatic heterocycles. The van der Waals surface area contributed by atoms with Crippen LogP contribution in [0.25, 0.3) is 89.7 Å². The van der Waals surface area contributed by atoms with Crippen molar-refractivity contribution in [1.29, 1.82) is 0 Å². The Bertz CT molecular complexity index is 2670. The van der Waals surface area contributed by atoms with Crippen LogP contribution >= 0.6 is 0 Å². The molecule has 3 aromatic heterocycles. The number of aromatic amines is 2. The fraction of sp³-hybridized carbons (Fsp3) is 0. The third-order valence-electron chi connectivity index (χ3n) is 7.82. The molecule has 0 saturated heterocycles. The summed E-state index contributed by atoms with van der Waals surface area (Å²) in [5.41, 5.74) is 4.68. The molecule has 3 N–H and O–H groups in total. The molecule has 1 radical (unpaired) electrons. The first-order valence-corrected chi connectivity index (χ1v) is 15.1. The van der Waals surface area contributed by atoms with E-state index in [1.807, 2.05) is 72.8 Å². The second-order valence-electron chi connectivity index (χ2n) is 10.4. The summed E-state index contributed by atoms with van der Waals surface area (Å²) in [5, 5.41) is 2.36. The van der Waals surface area contributed by atoms with E-state index in [1.165, 1.54) is 6.07 Å². The average Bonchev–Trinajstić information content (AvgIpc) is 3.76. The number of benzene rings is 4. The van der Waals surface area contributed by atoms with Gasteiger partial charge in [0.1, 0.15) is 27.5 Å². The number of H-pyrrole nitrogens is 2. The maximum atomic E-state index is 12.5. The molecule has 7 aromatic rings. The molecule has 221 valence electrons. The first kappa shape index (κ1) is 29.9. The summed E-state index contributed by atoms with van der Waals surface area (Å²) in [6, 6.07) is 27.6. The van der Waals surface area contributed by atoms with E-state index in [1.54, 1.807) is 12.1 Å². The summed E-state index contributed by atoms with van der Waals surface area (Å²) >= 11 is 0. The number of aromatic nitrogens is 8. The van der Waals surface area contributed by atoms with E-state index in [9.17, 15) is 13.0 Å². The topological polar surface area (TPSA) is 163 Å². The van der Waals surface area contributed by atoms with Crippen LogP contribution in [-0.4, -0.2) is 71.7 Å².